The topological polar surface area (TPSA) is 151 Å². The van der Waals surface area contributed by atoms with Gasteiger partial charge in [-0.15, -0.1) is 0 Å². The third kappa shape index (κ3) is 31.9. The van der Waals surface area contributed by atoms with Gasteiger partial charge in [-0.3, -0.25) is 13.8 Å². The summed E-state index contributed by atoms with van der Waals surface area (Å²) in [7, 11) is -4.39. The van der Waals surface area contributed by atoms with Crippen LogP contribution < -0.4 is 11.1 Å². The number of carbonyl (C=O) groups excluding carboxylic acids is 1. The van der Waals surface area contributed by atoms with Crippen LogP contribution in [0, 0.1) is 0 Å². The molecule has 0 spiro atoms. The van der Waals surface area contributed by atoms with Crippen molar-refractivity contribution in [2.45, 2.75) is 186 Å². The van der Waals surface area contributed by atoms with E-state index in [1.165, 1.54) is 89.9 Å². The first-order chi connectivity index (χ1) is 22.8. The highest BCUT2D eigenvalue weighted by molar-refractivity contribution is 7.47. The first-order valence-corrected chi connectivity index (χ1v) is 20.5. The zero-order valence-corrected chi connectivity index (χ0v) is 31.0. The lowest BCUT2D eigenvalue weighted by Crippen LogP contribution is -2.46. The van der Waals surface area contributed by atoms with Crippen LogP contribution in [0.4, 0.5) is 0 Å². The van der Waals surface area contributed by atoms with Gasteiger partial charge < -0.3 is 26.2 Å². The number of rotatable bonds is 35. The van der Waals surface area contributed by atoms with Crippen molar-refractivity contribution in [2.24, 2.45) is 5.73 Å². The molecular formula is C37H73N2O7P. The molecule has 0 rings (SSSR count). The Morgan fingerprint density at radius 1 is 0.723 bits per heavy atom. The van der Waals surface area contributed by atoms with Crippen molar-refractivity contribution >= 4 is 13.7 Å². The van der Waals surface area contributed by atoms with Crippen LogP contribution in [0.25, 0.3) is 0 Å². The quantitative estimate of drug-likeness (QED) is 0.0252. The van der Waals surface area contributed by atoms with Crippen molar-refractivity contribution < 1.29 is 33.5 Å². The summed E-state index contributed by atoms with van der Waals surface area (Å²) >= 11 is 0. The van der Waals surface area contributed by atoms with Crippen LogP contribution in [0.2, 0.25) is 0 Å². The number of nitrogens with one attached hydrogen (secondary N) is 1. The summed E-state index contributed by atoms with van der Waals surface area (Å²) in [4.78, 5) is 22.6. The van der Waals surface area contributed by atoms with Gasteiger partial charge in [-0.05, 0) is 38.5 Å². The van der Waals surface area contributed by atoms with E-state index in [9.17, 15) is 24.5 Å². The zero-order valence-electron chi connectivity index (χ0n) is 30.1. The SMILES string of the molecule is CCCC/C=C\CCCCCC(O)CC(=O)NC(COP(=O)(O)OCCN)C(O)/C=C/CCCCCCCCCCCCCCCC. The fourth-order valence-corrected chi connectivity index (χ4v) is 6.15. The van der Waals surface area contributed by atoms with Gasteiger partial charge in [-0.1, -0.05) is 147 Å². The molecule has 0 aliphatic carbocycles. The highest BCUT2D eigenvalue weighted by Crippen LogP contribution is 2.43. The van der Waals surface area contributed by atoms with Gasteiger partial charge in [0.05, 0.1) is 37.9 Å². The minimum Gasteiger partial charge on any atom is -0.393 e. The van der Waals surface area contributed by atoms with E-state index in [0.717, 1.165) is 51.4 Å². The fraction of sp³-hybridized carbons (Fsp3) is 0.865. The maximum absolute atomic E-state index is 12.7. The molecule has 0 saturated carbocycles. The van der Waals surface area contributed by atoms with Crippen molar-refractivity contribution in [3.63, 3.8) is 0 Å². The normalized spacial score (nSPS) is 15.3. The molecule has 0 saturated heterocycles. The molecule has 0 heterocycles. The molecule has 0 aliphatic rings. The first-order valence-electron chi connectivity index (χ1n) is 19.0. The highest BCUT2D eigenvalue weighted by atomic mass is 31.2. The Morgan fingerprint density at radius 3 is 1.77 bits per heavy atom. The predicted octanol–water partition coefficient (Wildman–Crippen LogP) is 8.80. The number of aliphatic hydroxyl groups is 2. The summed E-state index contributed by atoms with van der Waals surface area (Å²) < 4.78 is 22.0. The van der Waals surface area contributed by atoms with Crippen molar-refractivity contribution in [3.05, 3.63) is 24.3 Å². The number of aliphatic hydroxyl groups excluding tert-OH is 2. The number of hydrogen-bond acceptors (Lipinski definition) is 7. The summed E-state index contributed by atoms with van der Waals surface area (Å²) in [6.07, 6.45) is 32.7. The molecule has 0 aromatic rings. The lowest BCUT2D eigenvalue weighted by atomic mass is 10.0. The van der Waals surface area contributed by atoms with Crippen molar-refractivity contribution in [1.29, 1.82) is 0 Å². The highest BCUT2D eigenvalue weighted by Gasteiger charge is 2.27. The van der Waals surface area contributed by atoms with E-state index in [0.29, 0.717) is 6.42 Å². The number of hydrogen-bond donors (Lipinski definition) is 5. The molecule has 1 amide bonds. The van der Waals surface area contributed by atoms with Gasteiger partial charge in [0.2, 0.25) is 5.91 Å². The molecule has 278 valence electrons. The van der Waals surface area contributed by atoms with Gasteiger partial charge in [0.25, 0.3) is 0 Å². The Morgan fingerprint density at radius 2 is 1.21 bits per heavy atom. The second kappa shape index (κ2) is 33.4. The minimum absolute atomic E-state index is 0.0479. The van der Waals surface area contributed by atoms with Crippen molar-refractivity contribution in [3.8, 4) is 0 Å². The van der Waals surface area contributed by atoms with E-state index in [2.05, 4.69) is 31.3 Å². The second-order valence-electron chi connectivity index (χ2n) is 13.0. The van der Waals surface area contributed by atoms with Gasteiger partial charge in [0.15, 0.2) is 0 Å². The van der Waals surface area contributed by atoms with Crippen molar-refractivity contribution in [1.82, 2.24) is 5.32 Å². The van der Waals surface area contributed by atoms with E-state index >= 15 is 0 Å². The van der Waals surface area contributed by atoms with E-state index in [-0.39, 0.29) is 19.6 Å². The van der Waals surface area contributed by atoms with Crippen LogP contribution in [-0.2, 0) is 18.4 Å². The molecule has 4 unspecified atom stereocenters. The Balaban J connectivity index is 4.43. The van der Waals surface area contributed by atoms with Crippen molar-refractivity contribution in [2.75, 3.05) is 19.8 Å². The first kappa shape index (κ1) is 45.9. The average molecular weight is 689 g/mol. The third-order valence-electron chi connectivity index (χ3n) is 8.33. The molecule has 0 radical (unpaired) electrons. The molecule has 0 bridgehead atoms. The van der Waals surface area contributed by atoms with Gasteiger partial charge in [-0.25, -0.2) is 4.57 Å². The monoisotopic (exact) mass is 689 g/mol. The zero-order chi connectivity index (χ0) is 34.9. The Hall–Kier alpha value is -1.06. The number of phosphoric acid groups is 1. The Kier molecular flexibility index (Phi) is 32.7. The van der Waals surface area contributed by atoms with Crippen LogP contribution in [0.3, 0.4) is 0 Å². The second-order valence-corrected chi connectivity index (χ2v) is 14.4. The summed E-state index contributed by atoms with van der Waals surface area (Å²) in [5.41, 5.74) is 5.34. The molecular weight excluding hydrogens is 615 g/mol. The molecule has 6 N–H and O–H groups in total. The number of phosphoric ester groups is 1. The largest absolute Gasteiger partial charge is 0.472 e. The number of nitrogens with two attached hydrogens (primary N) is 1. The van der Waals surface area contributed by atoms with Crippen LogP contribution in [0.15, 0.2) is 24.3 Å². The van der Waals surface area contributed by atoms with E-state index in [4.69, 9.17) is 14.8 Å². The molecule has 4 atom stereocenters. The molecule has 10 heteroatoms. The Bertz CT molecular complexity index is 812. The molecule has 0 aromatic heterocycles. The van der Waals surface area contributed by atoms with Gasteiger partial charge in [0.1, 0.15) is 0 Å². The third-order valence-corrected chi connectivity index (χ3v) is 9.31. The predicted molar refractivity (Wildman–Crippen MR) is 195 cm³/mol. The Labute approximate surface area is 288 Å². The molecule has 0 aliphatic heterocycles. The maximum atomic E-state index is 12.7. The summed E-state index contributed by atoms with van der Waals surface area (Å²) in [5.74, 6) is -0.458. The minimum atomic E-state index is -4.39. The van der Waals surface area contributed by atoms with Crippen LogP contribution >= 0.6 is 7.82 Å². The van der Waals surface area contributed by atoms with E-state index < -0.39 is 38.6 Å². The fourth-order valence-electron chi connectivity index (χ4n) is 5.39. The number of carbonyl (C=O) groups is 1. The van der Waals surface area contributed by atoms with Crippen LogP contribution in [0.5, 0.6) is 0 Å². The summed E-state index contributed by atoms with van der Waals surface area (Å²) in [5, 5.41) is 23.8. The lowest BCUT2D eigenvalue weighted by molar-refractivity contribution is -0.124. The number of unbranched alkanes of at least 4 members (excludes halogenated alkanes) is 19. The van der Waals surface area contributed by atoms with Gasteiger partial charge in [0, 0.05) is 6.54 Å². The maximum Gasteiger partial charge on any atom is 0.472 e. The van der Waals surface area contributed by atoms with Gasteiger partial charge in [-0.2, -0.15) is 0 Å². The molecule has 47 heavy (non-hydrogen) atoms. The lowest BCUT2D eigenvalue weighted by Gasteiger charge is -2.24. The number of allylic oxidation sites excluding steroid dienone is 3. The summed E-state index contributed by atoms with van der Waals surface area (Å²) in [6.45, 7) is 3.89. The summed E-state index contributed by atoms with van der Waals surface area (Å²) in [6, 6.07) is -0.983. The molecule has 0 aromatic carbocycles. The van der Waals surface area contributed by atoms with Crippen LogP contribution in [-0.4, -0.2) is 59.0 Å². The van der Waals surface area contributed by atoms with Crippen LogP contribution in [0.1, 0.15) is 168 Å². The number of amides is 1. The smallest absolute Gasteiger partial charge is 0.393 e. The molecule has 9 nitrogen and oxygen atoms in total. The molecule has 0 fully saturated rings. The van der Waals surface area contributed by atoms with E-state index in [1.54, 1.807) is 6.08 Å². The van der Waals surface area contributed by atoms with Gasteiger partial charge >= 0.3 is 7.82 Å². The van der Waals surface area contributed by atoms with E-state index in [1.807, 2.05) is 6.08 Å². The average Bonchev–Trinajstić information content (AvgIpc) is 3.04. The standard InChI is InChI=1S/C37H73N2O7P/c1-3-5-7-9-11-13-14-15-16-17-18-19-21-23-25-27-29-36(41)35(33-46-47(43,44)45-31-30-38)39-37(42)32-34(40)28-26-24-22-20-12-10-8-6-4-2/h10,12,27,29,34-36,40-41H,3-9,11,13-26,28,30-33,38H2,1-2H3,(H,39,42)(H,43,44)/b12-10-,29-27+.